The van der Waals surface area contributed by atoms with Crippen molar-refractivity contribution in [2.24, 2.45) is 11.8 Å². The van der Waals surface area contributed by atoms with Crippen molar-refractivity contribution in [1.82, 2.24) is 14.9 Å². The van der Waals surface area contributed by atoms with Gasteiger partial charge in [-0.3, -0.25) is 9.69 Å². The number of nitrogens with one attached hydrogen (secondary N) is 1. The van der Waals surface area contributed by atoms with E-state index in [0.717, 1.165) is 60.2 Å². The quantitative estimate of drug-likeness (QED) is 0.607. The number of thioether (sulfide) groups is 1. The Morgan fingerprint density at radius 2 is 2.30 bits per heavy atom. The molecule has 0 amide bonds. The van der Waals surface area contributed by atoms with E-state index in [2.05, 4.69) is 30.7 Å². The van der Waals surface area contributed by atoms with Gasteiger partial charge in [-0.2, -0.15) is 0 Å². The highest BCUT2D eigenvalue weighted by molar-refractivity contribution is 7.99. The van der Waals surface area contributed by atoms with Crippen molar-refractivity contribution < 1.29 is 4.74 Å². The molecule has 7 heteroatoms. The molecule has 3 heterocycles. The van der Waals surface area contributed by atoms with Crippen LogP contribution in [0.3, 0.4) is 0 Å². The third-order valence-corrected chi connectivity index (χ3v) is 7.55. The minimum atomic E-state index is 0.0283. The zero-order chi connectivity index (χ0) is 19.0. The highest BCUT2D eigenvalue weighted by atomic mass is 32.2. The van der Waals surface area contributed by atoms with Crippen LogP contribution in [0.2, 0.25) is 0 Å². The molecule has 2 atom stereocenters. The van der Waals surface area contributed by atoms with Gasteiger partial charge in [0.15, 0.2) is 5.16 Å². The Morgan fingerprint density at radius 3 is 3.11 bits per heavy atom. The van der Waals surface area contributed by atoms with Gasteiger partial charge in [0.25, 0.3) is 5.56 Å². The third-order valence-electron chi connectivity index (χ3n) is 5.40. The number of aryl methyl sites for hydroxylation is 1. The molecule has 0 bridgehead atoms. The lowest BCUT2D eigenvalue weighted by Gasteiger charge is -2.33. The van der Waals surface area contributed by atoms with Crippen molar-refractivity contribution >= 4 is 33.3 Å². The van der Waals surface area contributed by atoms with Gasteiger partial charge in [0.05, 0.1) is 18.1 Å². The molecule has 2 aromatic heterocycles. The van der Waals surface area contributed by atoms with Gasteiger partial charge in [-0.15, -0.1) is 11.3 Å². The molecule has 1 saturated heterocycles. The largest absolute Gasteiger partial charge is 0.375 e. The molecular weight excluding hydrogens is 378 g/mol. The summed E-state index contributed by atoms with van der Waals surface area (Å²) in [5.41, 5.74) is 1.28. The molecule has 4 rings (SSSR count). The average molecular weight is 408 g/mol. The SMILES string of the molecule is CC(C)CN1CCOC(CSc2nc3sc4c(c3c(=O)[nH]2)CCC(C)C4)C1. The highest BCUT2D eigenvalue weighted by Gasteiger charge is 2.24. The summed E-state index contributed by atoms with van der Waals surface area (Å²) < 4.78 is 5.93. The second-order valence-corrected chi connectivity index (χ2v) is 10.5. The highest BCUT2D eigenvalue weighted by Crippen LogP contribution is 2.36. The number of fused-ring (bicyclic) bond motifs is 3. The Labute approximate surface area is 168 Å². The minimum Gasteiger partial charge on any atom is -0.375 e. The lowest BCUT2D eigenvalue weighted by molar-refractivity contribution is -0.0191. The summed E-state index contributed by atoms with van der Waals surface area (Å²) >= 11 is 3.33. The topological polar surface area (TPSA) is 58.2 Å². The second-order valence-electron chi connectivity index (χ2n) is 8.36. The predicted molar refractivity (Wildman–Crippen MR) is 113 cm³/mol. The monoisotopic (exact) mass is 407 g/mol. The summed E-state index contributed by atoms with van der Waals surface area (Å²) in [5.74, 6) is 2.20. The summed E-state index contributed by atoms with van der Waals surface area (Å²) in [7, 11) is 0. The van der Waals surface area contributed by atoms with E-state index in [1.54, 1.807) is 23.1 Å². The van der Waals surface area contributed by atoms with E-state index in [1.165, 1.54) is 16.9 Å². The molecular formula is C20H29N3O2S2. The van der Waals surface area contributed by atoms with Gasteiger partial charge >= 0.3 is 0 Å². The first-order valence-corrected chi connectivity index (χ1v) is 11.8. The van der Waals surface area contributed by atoms with E-state index < -0.39 is 0 Å². The zero-order valence-electron chi connectivity index (χ0n) is 16.4. The number of nitrogens with zero attached hydrogens (tertiary/aromatic N) is 2. The van der Waals surface area contributed by atoms with Gasteiger partial charge < -0.3 is 9.72 Å². The standard InChI is InChI=1S/C20H29N3O2S2/c1-12(2)9-23-6-7-25-14(10-23)11-26-20-21-18(24)17-15-5-4-13(3)8-16(15)27-19(17)22-20/h12-14H,4-11H2,1-3H3,(H,21,22,24). The van der Waals surface area contributed by atoms with Crippen molar-refractivity contribution in [2.75, 3.05) is 32.0 Å². The molecule has 1 aliphatic heterocycles. The van der Waals surface area contributed by atoms with Crippen LogP contribution < -0.4 is 5.56 Å². The average Bonchev–Trinajstić information content (AvgIpc) is 2.97. The lowest BCUT2D eigenvalue weighted by Crippen LogP contribution is -2.44. The van der Waals surface area contributed by atoms with Crippen LogP contribution in [0.25, 0.3) is 10.2 Å². The molecule has 5 nitrogen and oxygen atoms in total. The molecule has 27 heavy (non-hydrogen) atoms. The van der Waals surface area contributed by atoms with Crippen LogP contribution in [0.15, 0.2) is 9.95 Å². The molecule has 1 fully saturated rings. The van der Waals surface area contributed by atoms with E-state index in [4.69, 9.17) is 9.72 Å². The fourth-order valence-corrected chi connectivity index (χ4v) is 6.44. The van der Waals surface area contributed by atoms with Crippen LogP contribution >= 0.6 is 23.1 Å². The molecule has 1 N–H and O–H groups in total. The van der Waals surface area contributed by atoms with Crippen LogP contribution in [0, 0.1) is 11.8 Å². The number of aromatic nitrogens is 2. The predicted octanol–water partition coefficient (Wildman–Crippen LogP) is 3.56. The van der Waals surface area contributed by atoms with Crippen LogP contribution in [0.4, 0.5) is 0 Å². The molecule has 0 radical (unpaired) electrons. The normalized spacial score (nSPS) is 23.9. The maximum absolute atomic E-state index is 12.7. The summed E-state index contributed by atoms with van der Waals surface area (Å²) in [5, 5.41) is 1.56. The summed E-state index contributed by atoms with van der Waals surface area (Å²) in [6.07, 6.45) is 3.46. The molecule has 2 aliphatic rings. The molecule has 1 aliphatic carbocycles. The first kappa shape index (κ1) is 19.4. The third kappa shape index (κ3) is 4.42. The first-order valence-electron chi connectivity index (χ1n) is 10.0. The Morgan fingerprint density at radius 1 is 1.44 bits per heavy atom. The number of aromatic amines is 1. The van der Waals surface area contributed by atoms with E-state index >= 15 is 0 Å². The molecule has 2 aromatic rings. The van der Waals surface area contributed by atoms with Crippen molar-refractivity contribution in [1.29, 1.82) is 0 Å². The number of hydrogen-bond donors (Lipinski definition) is 1. The smallest absolute Gasteiger partial charge is 0.260 e. The minimum absolute atomic E-state index is 0.0283. The number of ether oxygens (including phenoxy) is 1. The van der Waals surface area contributed by atoms with Gasteiger partial charge in [-0.1, -0.05) is 32.5 Å². The summed E-state index contributed by atoms with van der Waals surface area (Å²) in [6.45, 7) is 10.7. The number of thiophene rings is 1. The van der Waals surface area contributed by atoms with Crippen molar-refractivity contribution in [3.05, 3.63) is 20.8 Å². The van der Waals surface area contributed by atoms with Gasteiger partial charge in [0, 0.05) is 30.3 Å². The number of hydrogen-bond acceptors (Lipinski definition) is 6. The van der Waals surface area contributed by atoms with E-state index in [1.807, 2.05) is 0 Å². The van der Waals surface area contributed by atoms with E-state index in [-0.39, 0.29) is 11.7 Å². The Kier molecular flexibility index (Phi) is 5.92. The lowest BCUT2D eigenvalue weighted by atomic mass is 9.89. The summed E-state index contributed by atoms with van der Waals surface area (Å²) in [4.78, 5) is 25.2. The van der Waals surface area contributed by atoms with Gasteiger partial charge in [-0.25, -0.2) is 4.98 Å². The Hall–Kier alpha value is -0.890. The Bertz CT molecular complexity index is 861. The van der Waals surface area contributed by atoms with E-state index in [0.29, 0.717) is 11.8 Å². The fourth-order valence-electron chi connectivity index (χ4n) is 4.13. The van der Waals surface area contributed by atoms with Crippen molar-refractivity contribution in [3.8, 4) is 0 Å². The first-order chi connectivity index (χ1) is 13.0. The van der Waals surface area contributed by atoms with Gasteiger partial charge in [0.1, 0.15) is 4.83 Å². The van der Waals surface area contributed by atoms with Crippen LogP contribution in [0.1, 0.15) is 37.6 Å². The van der Waals surface area contributed by atoms with Crippen LogP contribution in [0.5, 0.6) is 0 Å². The second kappa shape index (κ2) is 8.23. The number of rotatable bonds is 5. The maximum Gasteiger partial charge on any atom is 0.260 e. The van der Waals surface area contributed by atoms with Crippen LogP contribution in [-0.2, 0) is 17.6 Å². The number of H-pyrrole nitrogens is 1. The molecule has 0 saturated carbocycles. The van der Waals surface area contributed by atoms with Crippen molar-refractivity contribution in [2.45, 2.75) is 51.3 Å². The Balaban J connectivity index is 1.46. The maximum atomic E-state index is 12.7. The van der Waals surface area contributed by atoms with Crippen LogP contribution in [-0.4, -0.2) is 53.0 Å². The molecule has 2 unspecified atom stereocenters. The summed E-state index contributed by atoms with van der Waals surface area (Å²) in [6, 6.07) is 0. The van der Waals surface area contributed by atoms with Gasteiger partial charge in [0.2, 0.25) is 0 Å². The van der Waals surface area contributed by atoms with Gasteiger partial charge in [-0.05, 0) is 36.7 Å². The zero-order valence-corrected chi connectivity index (χ0v) is 18.0. The molecule has 0 aromatic carbocycles. The van der Waals surface area contributed by atoms with Crippen molar-refractivity contribution in [3.63, 3.8) is 0 Å². The fraction of sp³-hybridized carbons (Fsp3) is 0.700. The molecule has 0 spiro atoms. The number of morpholine rings is 1. The molecule has 148 valence electrons. The van der Waals surface area contributed by atoms with E-state index in [9.17, 15) is 4.79 Å².